The van der Waals surface area contributed by atoms with Crippen LogP contribution in [0.5, 0.6) is 0 Å². The van der Waals surface area contributed by atoms with E-state index in [2.05, 4.69) is 20.6 Å². The highest BCUT2D eigenvalue weighted by Gasteiger charge is 2.20. The van der Waals surface area contributed by atoms with Crippen molar-refractivity contribution in [1.82, 2.24) is 25.0 Å². The molecule has 0 aliphatic carbocycles. The summed E-state index contributed by atoms with van der Waals surface area (Å²) in [5.41, 5.74) is 4.11. The Labute approximate surface area is 142 Å². The summed E-state index contributed by atoms with van der Waals surface area (Å²) in [5, 5.41) is 11.1. The molecular weight excluding hydrogens is 321 g/mol. The molecule has 126 valence electrons. The quantitative estimate of drug-likeness (QED) is 0.608. The van der Waals surface area contributed by atoms with Crippen molar-refractivity contribution in [3.63, 3.8) is 0 Å². The molecule has 0 unspecified atom stereocenters. The second kappa shape index (κ2) is 5.63. The summed E-state index contributed by atoms with van der Waals surface area (Å²) < 4.78 is 21.3. The number of pyridine rings is 1. The van der Waals surface area contributed by atoms with Crippen LogP contribution in [0.25, 0.3) is 27.8 Å². The van der Waals surface area contributed by atoms with Crippen molar-refractivity contribution in [2.24, 2.45) is 0 Å². The molecule has 0 atom stereocenters. The Morgan fingerprint density at radius 2 is 2.04 bits per heavy atom. The van der Waals surface area contributed by atoms with Crippen LogP contribution in [0.1, 0.15) is 24.5 Å². The van der Waals surface area contributed by atoms with Gasteiger partial charge in [-0.05, 0) is 48.4 Å². The van der Waals surface area contributed by atoms with Crippen LogP contribution >= 0.6 is 0 Å². The van der Waals surface area contributed by atoms with Crippen LogP contribution in [0.3, 0.4) is 0 Å². The molecule has 0 spiro atoms. The van der Waals surface area contributed by atoms with E-state index in [4.69, 9.17) is 4.63 Å². The average molecular weight is 337 g/mol. The van der Waals surface area contributed by atoms with E-state index in [0.29, 0.717) is 22.6 Å². The summed E-state index contributed by atoms with van der Waals surface area (Å²) in [6, 6.07) is 7.06. The van der Waals surface area contributed by atoms with E-state index in [1.54, 1.807) is 4.40 Å². The number of imidazole rings is 1. The van der Waals surface area contributed by atoms with Crippen molar-refractivity contribution in [3.8, 4) is 11.1 Å². The number of rotatable bonds is 2. The lowest BCUT2D eigenvalue weighted by molar-refractivity contribution is 0.315. The lowest BCUT2D eigenvalue weighted by atomic mass is 9.95. The zero-order valence-electron chi connectivity index (χ0n) is 13.4. The van der Waals surface area contributed by atoms with E-state index >= 15 is 0 Å². The van der Waals surface area contributed by atoms with Crippen molar-refractivity contribution in [3.05, 3.63) is 48.2 Å². The topological polar surface area (TPSA) is 68.2 Å². The van der Waals surface area contributed by atoms with Gasteiger partial charge in [0.15, 0.2) is 11.5 Å². The molecule has 5 rings (SSSR count). The predicted octanol–water partition coefficient (Wildman–Crippen LogP) is 3.14. The van der Waals surface area contributed by atoms with E-state index in [-0.39, 0.29) is 5.82 Å². The Hall–Kier alpha value is -2.80. The number of hydrogen-bond donors (Lipinski definition) is 1. The number of nitrogens with zero attached hydrogens (tertiary/aromatic N) is 4. The fraction of sp³-hybridized carbons (Fsp3) is 0.278. The fourth-order valence-corrected chi connectivity index (χ4v) is 3.58. The van der Waals surface area contributed by atoms with Crippen LogP contribution in [-0.4, -0.2) is 32.8 Å². The lowest BCUT2D eigenvalue weighted by Gasteiger charge is -2.20. The van der Waals surface area contributed by atoms with Crippen molar-refractivity contribution >= 4 is 16.7 Å². The minimum atomic E-state index is -0.342. The maximum Gasteiger partial charge on any atom is 0.173 e. The molecular formula is C18H16FN5O. The molecule has 1 aliphatic heterocycles. The zero-order valence-corrected chi connectivity index (χ0v) is 13.4. The molecule has 4 aromatic rings. The standard InChI is InChI=1S/C18H16FN5O/c19-14-8-12(13-2-1-3-15-17(13)23-25-22-15)9-24-10-16(21-18(14)24)11-4-6-20-7-5-11/h1-3,8-11,20H,4-7H2. The SMILES string of the molecule is Fc1cc(-c2cccc3nonc23)cn2cc(C3CCNCC3)nc12. The highest BCUT2D eigenvalue weighted by molar-refractivity contribution is 5.90. The van der Waals surface area contributed by atoms with E-state index in [1.807, 2.05) is 30.6 Å². The number of halogens is 1. The van der Waals surface area contributed by atoms with Crippen molar-refractivity contribution in [1.29, 1.82) is 0 Å². The summed E-state index contributed by atoms with van der Waals surface area (Å²) >= 11 is 0. The first kappa shape index (κ1) is 14.5. The van der Waals surface area contributed by atoms with Gasteiger partial charge in [0.05, 0.1) is 5.69 Å². The van der Waals surface area contributed by atoms with Gasteiger partial charge in [-0.15, -0.1) is 0 Å². The molecule has 1 fully saturated rings. The molecule has 4 heterocycles. The fourth-order valence-electron chi connectivity index (χ4n) is 3.58. The van der Waals surface area contributed by atoms with Crippen molar-refractivity contribution in [2.75, 3.05) is 13.1 Å². The van der Waals surface area contributed by atoms with Crippen LogP contribution in [0.4, 0.5) is 4.39 Å². The molecule has 1 N–H and O–H groups in total. The zero-order chi connectivity index (χ0) is 16.8. The van der Waals surface area contributed by atoms with E-state index in [0.717, 1.165) is 42.8 Å². The molecule has 1 aromatic carbocycles. The highest BCUT2D eigenvalue weighted by Crippen LogP contribution is 2.30. The van der Waals surface area contributed by atoms with Crippen LogP contribution in [-0.2, 0) is 0 Å². The first-order valence-corrected chi connectivity index (χ1v) is 8.40. The molecule has 25 heavy (non-hydrogen) atoms. The minimum Gasteiger partial charge on any atom is -0.317 e. The molecule has 1 aliphatic rings. The Bertz CT molecular complexity index is 1060. The largest absolute Gasteiger partial charge is 0.317 e. The van der Waals surface area contributed by atoms with Gasteiger partial charge in [-0.2, -0.15) is 0 Å². The van der Waals surface area contributed by atoms with Crippen LogP contribution < -0.4 is 5.32 Å². The third kappa shape index (κ3) is 2.39. The normalized spacial score (nSPS) is 16.0. The molecule has 0 amide bonds. The molecule has 3 aromatic heterocycles. The van der Waals surface area contributed by atoms with Gasteiger partial charge in [-0.1, -0.05) is 12.1 Å². The second-order valence-electron chi connectivity index (χ2n) is 6.44. The van der Waals surface area contributed by atoms with E-state index < -0.39 is 0 Å². The minimum absolute atomic E-state index is 0.342. The molecule has 6 nitrogen and oxygen atoms in total. The third-order valence-electron chi connectivity index (χ3n) is 4.88. The van der Waals surface area contributed by atoms with Crippen LogP contribution in [0, 0.1) is 5.82 Å². The van der Waals surface area contributed by atoms with Gasteiger partial charge in [-0.25, -0.2) is 14.0 Å². The van der Waals surface area contributed by atoms with Crippen LogP contribution in [0.15, 0.2) is 41.3 Å². The molecule has 7 heteroatoms. The van der Waals surface area contributed by atoms with Gasteiger partial charge < -0.3 is 9.72 Å². The number of hydrogen-bond acceptors (Lipinski definition) is 5. The Balaban J connectivity index is 1.64. The average Bonchev–Trinajstić information content (AvgIpc) is 3.29. The Morgan fingerprint density at radius 3 is 2.92 bits per heavy atom. The van der Waals surface area contributed by atoms with Gasteiger partial charge in [0.2, 0.25) is 0 Å². The lowest BCUT2D eigenvalue weighted by Crippen LogP contribution is -2.26. The number of nitrogens with one attached hydrogen (secondary N) is 1. The van der Waals surface area contributed by atoms with Crippen molar-refractivity contribution < 1.29 is 9.02 Å². The van der Waals surface area contributed by atoms with Gasteiger partial charge in [-0.3, -0.25) is 0 Å². The van der Waals surface area contributed by atoms with Crippen LogP contribution in [0.2, 0.25) is 0 Å². The van der Waals surface area contributed by atoms with Gasteiger partial charge in [0.25, 0.3) is 0 Å². The molecule has 0 saturated carbocycles. The summed E-state index contributed by atoms with van der Waals surface area (Å²) in [5.74, 6) is 0.0401. The van der Waals surface area contributed by atoms with E-state index in [9.17, 15) is 4.39 Å². The summed E-state index contributed by atoms with van der Waals surface area (Å²) in [6.07, 6.45) is 5.89. The molecule has 0 radical (unpaired) electrons. The van der Waals surface area contributed by atoms with E-state index in [1.165, 1.54) is 6.07 Å². The third-order valence-corrected chi connectivity index (χ3v) is 4.88. The highest BCUT2D eigenvalue weighted by atomic mass is 19.1. The predicted molar refractivity (Wildman–Crippen MR) is 90.8 cm³/mol. The monoisotopic (exact) mass is 337 g/mol. The first-order chi connectivity index (χ1) is 12.3. The Kier molecular flexibility index (Phi) is 3.27. The first-order valence-electron chi connectivity index (χ1n) is 8.40. The smallest absolute Gasteiger partial charge is 0.173 e. The Morgan fingerprint density at radius 1 is 1.16 bits per heavy atom. The number of piperidine rings is 1. The van der Waals surface area contributed by atoms with Gasteiger partial charge in [0, 0.05) is 29.4 Å². The van der Waals surface area contributed by atoms with Gasteiger partial charge >= 0.3 is 0 Å². The summed E-state index contributed by atoms with van der Waals surface area (Å²) in [4.78, 5) is 4.54. The number of aromatic nitrogens is 4. The van der Waals surface area contributed by atoms with Gasteiger partial charge in [0.1, 0.15) is 11.0 Å². The number of fused-ring (bicyclic) bond motifs is 2. The second-order valence-corrected chi connectivity index (χ2v) is 6.44. The molecule has 1 saturated heterocycles. The van der Waals surface area contributed by atoms with Crippen molar-refractivity contribution in [2.45, 2.75) is 18.8 Å². The summed E-state index contributed by atoms with van der Waals surface area (Å²) in [6.45, 7) is 1.96. The number of benzene rings is 1. The molecule has 0 bridgehead atoms. The summed E-state index contributed by atoms with van der Waals surface area (Å²) in [7, 11) is 0. The maximum atomic E-state index is 14.7. The maximum absolute atomic E-state index is 14.7.